The van der Waals surface area contributed by atoms with Gasteiger partial charge in [0.05, 0.1) is 12.3 Å². The van der Waals surface area contributed by atoms with E-state index in [2.05, 4.69) is 30.1 Å². The smallest absolute Gasteiger partial charge is 0.120 e. The van der Waals surface area contributed by atoms with Gasteiger partial charge in [-0.3, -0.25) is 4.90 Å². The SMILES string of the molecule is C[C@H]1CNCCN1[C@@H](C)c1ccco1. The summed E-state index contributed by atoms with van der Waals surface area (Å²) in [4.78, 5) is 2.48. The van der Waals surface area contributed by atoms with E-state index in [0.717, 1.165) is 25.4 Å². The van der Waals surface area contributed by atoms with Crippen LogP contribution in [0.2, 0.25) is 0 Å². The molecule has 0 aromatic carbocycles. The van der Waals surface area contributed by atoms with Crippen LogP contribution in [-0.2, 0) is 0 Å². The van der Waals surface area contributed by atoms with Gasteiger partial charge in [-0.2, -0.15) is 0 Å². The molecular weight excluding hydrogens is 176 g/mol. The first-order chi connectivity index (χ1) is 6.79. The molecule has 0 saturated carbocycles. The number of furan rings is 1. The highest BCUT2D eigenvalue weighted by Crippen LogP contribution is 2.23. The molecule has 0 spiro atoms. The molecule has 2 atom stereocenters. The van der Waals surface area contributed by atoms with Crippen LogP contribution in [0, 0.1) is 0 Å². The van der Waals surface area contributed by atoms with Crippen LogP contribution in [0.1, 0.15) is 25.6 Å². The van der Waals surface area contributed by atoms with Gasteiger partial charge in [0.15, 0.2) is 0 Å². The number of nitrogens with zero attached hydrogens (tertiary/aromatic N) is 1. The average Bonchev–Trinajstić information content (AvgIpc) is 2.70. The second-order valence-corrected chi connectivity index (χ2v) is 3.98. The van der Waals surface area contributed by atoms with Crippen molar-refractivity contribution in [2.24, 2.45) is 0 Å². The molecule has 1 saturated heterocycles. The lowest BCUT2D eigenvalue weighted by Gasteiger charge is -2.37. The summed E-state index contributed by atoms with van der Waals surface area (Å²) >= 11 is 0. The van der Waals surface area contributed by atoms with E-state index in [0.29, 0.717) is 12.1 Å². The van der Waals surface area contributed by atoms with Gasteiger partial charge >= 0.3 is 0 Å². The standard InChI is InChI=1S/C11H18N2O/c1-9-8-12-5-6-13(9)10(2)11-4-3-7-14-11/h3-4,7,9-10,12H,5-6,8H2,1-2H3/t9-,10-/m0/s1. The second-order valence-electron chi connectivity index (χ2n) is 3.98. The molecule has 1 aliphatic rings. The summed E-state index contributed by atoms with van der Waals surface area (Å²) in [6.45, 7) is 7.72. The zero-order chi connectivity index (χ0) is 9.97. The van der Waals surface area contributed by atoms with E-state index in [-0.39, 0.29) is 0 Å². The third-order valence-electron chi connectivity index (χ3n) is 3.01. The summed E-state index contributed by atoms with van der Waals surface area (Å²) < 4.78 is 5.43. The summed E-state index contributed by atoms with van der Waals surface area (Å²) in [5, 5.41) is 3.39. The third-order valence-corrected chi connectivity index (χ3v) is 3.01. The Morgan fingerprint density at radius 1 is 1.64 bits per heavy atom. The van der Waals surface area contributed by atoms with Crippen molar-refractivity contribution in [1.82, 2.24) is 10.2 Å². The Morgan fingerprint density at radius 2 is 2.50 bits per heavy atom. The van der Waals surface area contributed by atoms with Gasteiger partial charge in [0.2, 0.25) is 0 Å². The molecule has 1 N–H and O–H groups in total. The fourth-order valence-corrected chi connectivity index (χ4v) is 2.12. The number of hydrogen-bond donors (Lipinski definition) is 1. The van der Waals surface area contributed by atoms with Gasteiger partial charge in [-0.15, -0.1) is 0 Å². The van der Waals surface area contributed by atoms with Crippen LogP contribution in [0.15, 0.2) is 22.8 Å². The molecule has 78 valence electrons. The van der Waals surface area contributed by atoms with E-state index in [1.807, 2.05) is 6.07 Å². The first kappa shape index (κ1) is 9.74. The quantitative estimate of drug-likeness (QED) is 0.775. The minimum absolute atomic E-state index is 0.391. The summed E-state index contributed by atoms with van der Waals surface area (Å²) in [5.74, 6) is 1.07. The summed E-state index contributed by atoms with van der Waals surface area (Å²) in [7, 11) is 0. The molecule has 1 fully saturated rings. The Balaban J connectivity index is 2.06. The predicted molar refractivity (Wildman–Crippen MR) is 56.2 cm³/mol. The van der Waals surface area contributed by atoms with Crippen molar-refractivity contribution in [2.45, 2.75) is 25.9 Å². The van der Waals surface area contributed by atoms with Crippen LogP contribution in [0.25, 0.3) is 0 Å². The Bertz CT molecular complexity index is 271. The predicted octanol–water partition coefficient (Wildman–Crippen LogP) is 1.63. The van der Waals surface area contributed by atoms with E-state index in [9.17, 15) is 0 Å². The normalized spacial score (nSPS) is 26.3. The number of hydrogen-bond acceptors (Lipinski definition) is 3. The number of nitrogens with one attached hydrogen (secondary N) is 1. The van der Waals surface area contributed by atoms with E-state index < -0.39 is 0 Å². The van der Waals surface area contributed by atoms with Crippen LogP contribution in [0.5, 0.6) is 0 Å². The minimum Gasteiger partial charge on any atom is -0.468 e. The van der Waals surface area contributed by atoms with Gasteiger partial charge in [-0.25, -0.2) is 0 Å². The van der Waals surface area contributed by atoms with Crippen LogP contribution in [0.4, 0.5) is 0 Å². The minimum atomic E-state index is 0.391. The van der Waals surface area contributed by atoms with E-state index in [4.69, 9.17) is 4.42 Å². The summed E-state index contributed by atoms with van der Waals surface area (Å²) in [5.41, 5.74) is 0. The maximum atomic E-state index is 5.43. The van der Waals surface area contributed by atoms with Crippen molar-refractivity contribution in [3.05, 3.63) is 24.2 Å². The van der Waals surface area contributed by atoms with Crippen molar-refractivity contribution in [3.8, 4) is 0 Å². The molecule has 3 nitrogen and oxygen atoms in total. The highest BCUT2D eigenvalue weighted by atomic mass is 16.3. The fraction of sp³-hybridized carbons (Fsp3) is 0.636. The van der Waals surface area contributed by atoms with E-state index >= 15 is 0 Å². The monoisotopic (exact) mass is 194 g/mol. The lowest BCUT2D eigenvalue weighted by Crippen LogP contribution is -2.50. The van der Waals surface area contributed by atoms with Gasteiger partial charge in [0.1, 0.15) is 5.76 Å². The Kier molecular flexibility index (Phi) is 2.89. The van der Waals surface area contributed by atoms with E-state index in [1.165, 1.54) is 0 Å². The fourth-order valence-electron chi connectivity index (χ4n) is 2.12. The summed E-state index contributed by atoms with van der Waals surface area (Å²) in [6.07, 6.45) is 1.75. The number of rotatable bonds is 2. The average molecular weight is 194 g/mol. The lowest BCUT2D eigenvalue weighted by atomic mass is 10.1. The highest BCUT2D eigenvalue weighted by molar-refractivity contribution is 5.04. The summed E-state index contributed by atoms with van der Waals surface area (Å²) in [6, 6.07) is 4.99. The highest BCUT2D eigenvalue weighted by Gasteiger charge is 2.25. The Morgan fingerprint density at radius 3 is 3.14 bits per heavy atom. The largest absolute Gasteiger partial charge is 0.468 e. The molecular formula is C11H18N2O. The topological polar surface area (TPSA) is 28.4 Å². The molecule has 0 radical (unpaired) electrons. The van der Waals surface area contributed by atoms with Crippen molar-refractivity contribution < 1.29 is 4.42 Å². The third kappa shape index (κ3) is 1.83. The Hall–Kier alpha value is -0.800. The van der Waals surface area contributed by atoms with Crippen molar-refractivity contribution in [3.63, 3.8) is 0 Å². The molecule has 0 unspecified atom stereocenters. The molecule has 0 amide bonds. The van der Waals surface area contributed by atoms with Crippen molar-refractivity contribution >= 4 is 0 Å². The van der Waals surface area contributed by atoms with Gasteiger partial charge in [0, 0.05) is 25.7 Å². The van der Waals surface area contributed by atoms with Gasteiger partial charge in [-0.1, -0.05) is 0 Å². The Labute approximate surface area is 85.1 Å². The number of piperazine rings is 1. The van der Waals surface area contributed by atoms with Gasteiger partial charge in [-0.05, 0) is 26.0 Å². The van der Waals surface area contributed by atoms with Crippen LogP contribution in [-0.4, -0.2) is 30.6 Å². The maximum absolute atomic E-state index is 5.43. The zero-order valence-electron chi connectivity index (χ0n) is 8.86. The molecule has 14 heavy (non-hydrogen) atoms. The molecule has 0 aliphatic carbocycles. The second kappa shape index (κ2) is 4.15. The van der Waals surface area contributed by atoms with Gasteiger partial charge in [0.25, 0.3) is 0 Å². The molecule has 2 rings (SSSR count). The molecule has 0 bridgehead atoms. The lowest BCUT2D eigenvalue weighted by molar-refractivity contribution is 0.112. The first-order valence-corrected chi connectivity index (χ1v) is 5.29. The van der Waals surface area contributed by atoms with Crippen LogP contribution in [0.3, 0.4) is 0 Å². The van der Waals surface area contributed by atoms with Crippen molar-refractivity contribution in [1.29, 1.82) is 0 Å². The van der Waals surface area contributed by atoms with Gasteiger partial charge < -0.3 is 9.73 Å². The zero-order valence-corrected chi connectivity index (χ0v) is 8.86. The molecule has 2 heterocycles. The van der Waals surface area contributed by atoms with E-state index in [1.54, 1.807) is 6.26 Å². The maximum Gasteiger partial charge on any atom is 0.120 e. The van der Waals surface area contributed by atoms with Crippen molar-refractivity contribution in [2.75, 3.05) is 19.6 Å². The van der Waals surface area contributed by atoms with Crippen LogP contribution < -0.4 is 5.32 Å². The first-order valence-electron chi connectivity index (χ1n) is 5.29. The molecule has 1 aromatic rings. The molecule has 1 aliphatic heterocycles. The molecule has 1 aromatic heterocycles. The molecule has 3 heteroatoms. The van der Waals surface area contributed by atoms with Crippen LogP contribution >= 0.6 is 0 Å².